The summed E-state index contributed by atoms with van der Waals surface area (Å²) in [5.41, 5.74) is -0.229. The number of carbonyl (C=O) groups excluding carboxylic acids is 3. The van der Waals surface area contributed by atoms with E-state index in [2.05, 4.69) is 17.6 Å². The molecule has 2 amide bonds. The number of amides is 2. The van der Waals surface area contributed by atoms with E-state index in [1.54, 1.807) is 41.5 Å². The molecule has 0 aliphatic carbocycles. The summed E-state index contributed by atoms with van der Waals surface area (Å²) in [7, 11) is 0. The number of nitrogens with one attached hydrogen (secondary N) is 2. The zero-order valence-electron chi connectivity index (χ0n) is 22.2. The maximum Gasteiger partial charge on any atom is 0.408 e. The molecule has 1 atom stereocenters. The van der Waals surface area contributed by atoms with Gasteiger partial charge < -0.3 is 24.8 Å². The van der Waals surface area contributed by atoms with Gasteiger partial charge in [0.25, 0.3) is 0 Å². The van der Waals surface area contributed by atoms with Crippen molar-refractivity contribution >= 4 is 29.1 Å². The van der Waals surface area contributed by atoms with Gasteiger partial charge in [0.2, 0.25) is 5.12 Å². The lowest BCUT2D eigenvalue weighted by molar-refractivity contribution is -0.113. The molecule has 0 saturated heterocycles. The molecule has 0 saturated carbocycles. The fraction of sp³-hybridized carbons (Fsp3) is 0.654. The number of hydrogen-bond donors (Lipinski definition) is 2. The molecular weight excluding hydrogens is 468 g/mol. The molecule has 35 heavy (non-hydrogen) atoms. The van der Waals surface area contributed by atoms with Gasteiger partial charge in [-0.05, 0) is 84.9 Å². The second kappa shape index (κ2) is 14.9. The molecule has 0 heterocycles. The van der Waals surface area contributed by atoms with Gasteiger partial charge in [-0.15, -0.1) is 0 Å². The molecule has 0 unspecified atom stereocenters. The largest absolute Gasteiger partial charge is 0.494 e. The van der Waals surface area contributed by atoms with Crippen molar-refractivity contribution in [2.24, 2.45) is 0 Å². The first kappa shape index (κ1) is 30.6. The highest BCUT2D eigenvalue weighted by Gasteiger charge is 2.24. The van der Waals surface area contributed by atoms with Gasteiger partial charge in [-0.1, -0.05) is 30.8 Å². The van der Waals surface area contributed by atoms with Crippen molar-refractivity contribution in [2.45, 2.75) is 97.1 Å². The third-order valence-electron chi connectivity index (χ3n) is 4.34. The molecule has 0 aliphatic heterocycles. The summed E-state index contributed by atoms with van der Waals surface area (Å²) in [6.07, 6.45) is 1.55. The van der Waals surface area contributed by atoms with Crippen LogP contribution in [0.25, 0.3) is 0 Å². The molecule has 198 valence electrons. The highest BCUT2D eigenvalue weighted by atomic mass is 32.2. The van der Waals surface area contributed by atoms with Gasteiger partial charge in [-0.3, -0.25) is 4.79 Å². The summed E-state index contributed by atoms with van der Waals surface area (Å²) in [4.78, 5) is 37.0. The Labute approximate surface area is 214 Å². The van der Waals surface area contributed by atoms with E-state index in [-0.39, 0.29) is 5.12 Å². The van der Waals surface area contributed by atoms with Crippen LogP contribution < -0.4 is 15.4 Å². The third-order valence-corrected chi connectivity index (χ3v) is 5.39. The molecule has 9 heteroatoms. The van der Waals surface area contributed by atoms with Crippen LogP contribution in [0.1, 0.15) is 79.7 Å². The Hall–Kier alpha value is -2.42. The first-order chi connectivity index (χ1) is 16.3. The van der Waals surface area contributed by atoms with Crippen molar-refractivity contribution in [3.8, 4) is 5.75 Å². The number of rotatable bonds is 12. The Morgan fingerprint density at radius 1 is 0.914 bits per heavy atom. The summed E-state index contributed by atoms with van der Waals surface area (Å²) in [5.74, 6) is 1.29. The maximum absolute atomic E-state index is 12.9. The number of thioether (sulfide) groups is 1. The molecule has 0 aromatic heterocycles. The highest BCUT2D eigenvalue weighted by molar-refractivity contribution is 8.13. The number of carbonyl (C=O) groups is 3. The lowest BCUT2D eigenvalue weighted by atomic mass is 10.1. The second-order valence-corrected chi connectivity index (χ2v) is 11.2. The summed E-state index contributed by atoms with van der Waals surface area (Å²) < 4.78 is 16.1. The Morgan fingerprint density at radius 2 is 1.51 bits per heavy atom. The van der Waals surface area contributed by atoms with E-state index in [1.807, 2.05) is 24.3 Å². The SMILES string of the molecule is CCCOc1ccc(CSC(=O)[C@H](CCCCNC(=O)OC(C)(C)C)NC(=O)OC(C)(C)C)cc1. The Bertz CT molecular complexity index is 800. The van der Waals surface area contributed by atoms with Crippen molar-refractivity contribution in [1.82, 2.24) is 10.6 Å². The van der Waals surface area contributed by atoms with E-state index in [0.717, 1.165) is 29.5 Å². The van der Waals surface area contributed by atoms with E-state index >= 15 is 0 Å². The fourth-order valence-corrected chi connectivity index (χ4v) is 3.71. The molecule has 2 N–H and O–H groups in total. The standard InChI is InChI=1S/C26H42N2O6S/c1-8-17-32-20-14-12-19(13-15-20)18-35-22(29)21(28-24(31)34-26(5,6)7)11-9-10-16-27-23(30)33-25(2,3)4/h12-15,21H,8-11,16-18H2,1-7H3,(H,27,30)(H,28,31)/t21-/m0/s1. The van der Waals surface area contributed by atoms with E-state index in [0.29, 0.717) is 38.2 Å². The van der Waals surface area contributed by atoms with Crippen LogP contribution in [0, 0.1) is 0 Å². The van der Waals surface area contributed by atoms with Gasteiger partial charge in [0.15, 0.2) is 0 Å². The van der Waals surface area contributed by atoms with Crippen LogP contribution in [0.3, 0.4) is 0 Å². The van der Waals surface area contributed by atoms with Crippen molar-refractivity contribution < 1.29 is 28.6 Å². The highest BCUT2D eigenvalue weighted by Crippen LogP contribution is 2.20. The van der Waals surface area contributed by atoms with Crippen molar-refractivity contribution in [2.75, 3.05) is 13.2 Å². The number of alkyl carbamates (subject to hydrolysis) is 2. The zero-order chi connectivity index (χ0) is 26.5. The summed E-state index contributed by atoms with van der Waals surface area (Å²) in [6, 6.07) is 6.96. The minimum Gasteiger partial charge on any atom is -0.494 e. The van der Waals surface area contributed by atoms with Crippen molar-refractivity contribution in [1.29, 1.82) is 0 Å². The van der Waals surface area contributed by atoms with Crippen molar-refractivity contribution in [3.63, 3.8) is 0 Å². The first-order valence-electron chi connectivity index (χ1n) is 12.1. The van der Waals surface area contributed by atoms with Crippen LogP contribution in [0.2, 0.25) is 0 Å². The normalized spacial score (nSPS) is 12.4. The van der Waals surface area contributed by atoms with Gasteiger partial charge >= 0.3 is 12.2 Å². The fourth-order valence-electron chi connectivity index (χ4n) is 2.83. The number of hydrogen-bond acceptors (Lipinski definition) is 7. The number of ether oxygens (including phenoxy) is 3. The Kier molecular flexibility index (Phi) is 13.0. The smallest absolute Gasteiger partial charge is 0.408 e. The molecule has 0 bridgehead atoms. The summed E-state index contributed by atoms with van der Waals surface area (Å²) >= 11 is 1.16. The van der Waals surface area contributed by atoms with Gasteiger partial charge in [-0.25, -0.2) is 9.59 Å². The lowest BCUT2D eigenvalue weighted by Gasteiger charge is -2.23. The minimum atomic E-state index is -0.691. The first-order valence-corrected chi connectivity index (χ1v) is 13.1. The molecule has 0 fully saturated rings. The van der Waals surface area contributed by atoms with Crippen LogP contribution in [-0.2, 0) is 20.0 Å². The Balaban J connectivity index is 2.60. The van der Waals surface area contributed by atoms with Crippen LogP contribution in [-0.4, -0.2) is 47.7 Å². The maximum atomic E-state index is 12.9. The minimum absolute atomic E-state index is 0.137. The zero-order valence-corrected chi connectivity index (χ0v) is 23.0. The van der Waals surface area contributed by atoms with Gasteiger partial charge in [0, 0.05) is 12.3 Å². The van der Waals surface area contributed by atoms with E-state index < -0.39 is 29.4 Å². The number of benzene rings is 1. The lowest BCUT2D eigenvalue weighted by Crippen LogP contribution is -2.42. The monoisotopic (exact) mass is 510 g/mol. The quantitative estimate of drug-likeness (QED) is 0.341. The Morgan fingerprint density at radius 3 is 2.09 bits per heavy atom. The van der Waals surface area contributed by atoms with Gasteiger partial charge in [0.1, 0.15) is 23.0 Å². The summed E-state index contributed by atoms with van der Waals surface area (Å²) in [5, 5.41) is 5.28. The average molecular weight is 511 g/mol. The predicted molar refractivity (Wildman–Crippen MR) is 140 cm³/mol. The molecule has 1 aromatic carbocycles. The van der Waals surface area contributed by atoms with Crippen LogP contribution in [0.4, 0.5) is 9.59 Å². The molecule has 0 aliphatic rings. The van der Waals surface area contributed by atoms with E-state index in [1.165, 1.54) is 0 Å². The van der Waals surface area contributed by atoms with Crippen LogP contribution in [0.15, 0.2) is 24.3 Å². The third kappa shape index (κ3) is 15.2. The topological polar surface area (TPSA) is 103 Å². The van der Waals surface area contributed by atoms with Gasteiger partial charge in [0.05, 0.1) is 6.61 Å². The predicted octanol–water partition coefficient (Wildman–Crippen LogP) is 5.82. The van der Waals surface area contributed by atoms with E-state index in [4.69, 9.17) is 14.2 Å². The van der Waals surface area contributed by atoms with Crippen LogP contribution >= 0.6 is 11.8 Å². The molecule has 0 spiro atoms. The van der Waals surface area contributed by atoms with E-state index in [9.17, 15) is 14.4 Å². The van der Waals surface area contributed by atoms with Gasteiger partial charge in [-0.2, -0.15) is 0 Å². The molecule has 1 aromatic rings. The second-order valence-electron chi connectivity index (χ2n) is 10.2. The molecule has 0 radical (unpaired) electrons. The van der Waals surface area contributed by atoms with Crippen LogP contribution in [0.5, 0.6) is 5.75 Å². The number of unbranched alkanes of at least 4 members (excludes halogenated alkanes) is 1. The average Bonchev–Trinajstić information content (AvgIpc) is 2.73. The molecular formula is C26H42N2O6S. The summed E-state index contributed by atoms with van der Waals surface area (Å²) in [6.45, 7) is 13.9. The molecule has 1 rings (SSSR count). The molecule has 8 nitrogen and oxygen atoms in total. The van der Waals surface area contributed by atoms with Crippen molar-refractivity contribution in [3.05, 3.63) is 29.8 Å².